The van der Waals surface area contributed by atoms with Gasteiger partial charge in [-0.15, -0.1) is 0 Å². The first-order chi connectivity index (χ1) is 19.9. The van der Waals surface area contributed by atoms with Crippen molar-refractivity contribution in [3.05, 3.63) is 40.6 Å². The highest BCUT2D eigenvalue weighted by atomic mass is 16.7. The zero-order valence-electron chi connectivity index (χ0n) is 23.2. The third-order valence-electron chi connectivity index (χ3n) is 6.10. The molecule has 0 saturated carbocycles. The van der Waals surface area contributed by atoms with Crippen LogP contribution >= 0.6 is 0 Å². The summed E-state index contributed by atoms with van der Waals surface area (Å²) in [5.41, 5.74) is -0.363. The molecule has 0 radical (unpaired) electrons. The maximum Gasteiger partial charge on any atom is 0.303 e. The van der Waals surface area contributed by atoms with Crippen LogP contribution in [-0.4, -0.2) is 73.5 Å². The fourth-order valence-electron chi connectivity index (χ4n) is 4.43. The molecule has 1 aromatic heterocycles. The average Bonchev–Trinajstić information content (AvgIpc) is 2.90. The van der Waals surface area contributed by atoms with Crippen molar-refractivity contribution in [3.8, 4) is 40.1 Å². The number of rotatable bonds is 8. The molecule has 1 aliphatic rings. The molecule has 1 aliphatic heterocycles. The standard InChI is InChI=1S/C28H28O14/c1-12(29)38-23-11-37-28(27(40-14(3)31)26(23)39-13(2)30)41-16-8-17(32)24-18(33)10-19(42-20(24)9-16)15-6-21(35-4)25(34)22(7-15)36-5/h6-10,23,26-28,32,34H,11H2,1-5H3/t23-,26+,27-,28+/m1/s1. The van der Waals surface area contributed by atoms with E-state index in [0.717, 1.165) is 32.9 Å². The second-order valence-corrected chi connectivity index (χ2v) is 9.14. The molecule has 0 bridgehead atoms. The van der Waals surface area contributed by atoms with E-state index in [-0.39, 0.29) is 46.3 Å². The molecule has 3 aromatic rings. The van der Waals surface area contributed by atoms with E-state index in [9.17, 15) is 29.4 Å². The number of esters is 3. The average molecular weight is 589 g/mol. The lowest BCUT2D eigenvalue weighted by atomic mass is 10.0. The smallest absolute Gasteiger partial charge is 0.303 e. The number of phenols is 2. The summed E-state index contributed by atoms with van der Waals surface area (Å²) in [5.74, 6) is -2.83. The molecule has 4 atom stereocenters. The molecule has 2 N–H and O–H groups in total. The monoisotopic (exact) mass is 588 g/mol. The van der Waals surface area contributed by atoms with Crippen LogP contribution in [0.4, 0.5) is 0 Å². The Morgan fingerprint density at radius 3 is 2.00 bits per heavy atom. The molecule has 0 unspecified atom stereocenters. The Morgan fingerprint density at radius 2 is 1.43 bits per heavy atom. The highest BCUT2D eigenvalue weighted by Crippen LogP contribution is 2.41. The van der Waals surface area contributed by atoms with Gasteiger partial charge >= 0.3 is 17.9 Å². The fourth-order valence-corrected chi connectivity index (χ4v) is 4.43. The first-order valence-corrected chi connectivity index (χ1v) is 12.5. The number of ether oxygens (including phenoxy) is 7. The number of fused-ring (bicyclic) bond motifs is 1. The van der Waals surface area contributed by atoms with Crippen molar-refractivity contribution >= 4 is 28.9 Å². The van der Waals surface area contributed by atoms with E-state index in [0.29, 0.717) is 5.56 Å². The van der Waals surface area contributed by atoms with Crippen LogP contribution in [0.3, 0.4) is 0 Å². The number of hydrogen-bond acceptors (Lipinski definition) is 14. The maximum atomic E-state index is 13.0. The van der Waals surface area contributed by atoms with Crippen LogP contribution in [0.15, 0.2) is 39.5 Å². The minimum absolute atomic E-state index is 0.0477. The van der Waals surface area contributed by atoms with Crippen LogP contribution in [0.2, 0.25) is 0 Å². The van der Waals surface area contributed by atoms with E-state index in [2.05, 4.69) is 0 Å². The highest BCUT2D eigenvalue weighted by Gasteiger charge is 2.48. The SMILES string of the molecule is COc1cc(-c2cc(=O)c3c(O)cc(O[C@@H]4OC[C@@H](OC(C)=O)[C@H](OC(C)=O)[C@H]4OC(C)=O)cc3o2)cc(OC)c1O. The lowest BCUT2D eigenvalue weighted by Crippen LogP contribution is -2.59. The Kier molecular flexibility index (Phi) is 8.76. The number of benzene rings is 2. The van der Waals surface area contributed by atoms with Crippen molar-refractivity contribution in [1.29, 1.82) is 0 Å². The van der Waals surface area contributed by atoms with Crippen molar-refractivity contribution in [2.75, 3.05) is 20.8 Å². The van der Waals surface area contributed by atoms with E-state index in [4.69, 9.17) is 37.6 Å². The van der Waals surface area contributed by atoms with E-state index >= 15 is 0 Å². The van der Waals surface area contributed by atoms with Gasteiger partial charge in [-0.3, -0.25) is 19.2 Å². The van der Waals surface area contributed by atoms with Crippen molar-refractivity contribution in [1.82, 2.24) is 0 Å². The molecular formula is C28H28O14. The number of hydrogen-bond donors (Lipinski definition) is 2. The predicted octanol–water partition coefficient (Wildman–Crippen LogP) is 2.42. The second-order valence-electron chi connectivity index (χ2n) is 9.14. The summed E-state index contributed by atoms with van der Waals surface area (Å²) in [7, 11) is 2.68. The molecule has 2 heterocycles. The molecule has 1 fully saturated rings. The summed E-state index contributed by atoms with van der Waals surface area (Å²) in [6.45, 7) is 3.10. The summed E-state index contributed by atoms with van der Waals surface area (Å²) in [4.78, 5) is 48.3. The molecule has 0 amide bonds. The molecule has 224 valence electrons. The minimum Gasteiger partial charge on any atom is -0.507 e. The third-order valence-corrected chi connectivity index (χ3v) is 6.10. The molecule has 14 nitrogen and oxygen atoms in total. The van der Waals surface area contributed by atoms with Gasteiger partial charge < -0.3 is 47.8 Å². The van der Waals surface area contributed by atoms with Crippen LogP contribution in [0.1, 0.15) is 20.8 Å². The van der Waals surface area contributed by atoms with Gasteiger partial charge in [-0.1, -0.05) is 0 Å². The first kappa shape index (κ1) is 30.0. The molecule has 42 heavy (non-hydrogen) atoms. The van der Waals surface area contributed by atoms with E-state index in [1.165, 1.54) is 32.4 Å². The Bertz CT molecular complexity index is 1550. The van der Waals surface area contributed by atoms with Crippen LogP contribution in [0.25, 0.3) is 22.3 Å². The van der Waals surface area contributed by atoms with Crippen molar-refractivity contribution in [2.24, 2.45) is 0 Å². The Morgan fingerprint density at radius 1 is 0.833 bits per heavy atom. The van der Waals surface area contributed by atoms with Gasteiger partial charge in [0, 0.05) is 44.5 Å². The topological polar surface area (TPSA) is 186 Å². The number of methoxy groups -OCH3 is 2. The lowest BCUT2D eigenvalue weighted by molar-refractivity contribution is -0.259. The predicted molar refractivity (Wildman–Crippen MR) is 141 cm³/mol. The number of aromatic hydroxyl groups is 2. The van der Waals surface area contributed by atoms with Crippen LogP contribution < -0.4 is 19.6 Å². The van der Waals surface area contributed by atoms with E-state index in [1.807, 2.05) is 0 Å². The minimum atomic E-state index is -1.40. The Labute approximate surface area is 238 Å². The van der Waals surface area contributed by atoms with Gasteiger partial charge in [0.05, 0.1) is 20.8 Å². The van der Waals surface area contributed by atoms with Gasteiger partial charge in [0.25, 0.3) is 0 Å². The molecule has 2 aromatic carbocycles. The van der Waals surface area contributed by atoms with E-state index in [1.54, 1.807) is 0 Å². The number of phenolic OH excluding ortho intramolecular Hbond substituents is 2. The van der Waals surface area contributed by atoms with Gasteiger partial charge in [0.1, 0.15) is 28.2 Å². The molecular weight excluding hydrogens is 560 g/mol. The van der Waals surface area contributed by atoms with Gasteiger partial charge in [0.15, 0.2) is 29.1 Å². The fraction of sp³-hybridized carbons (Fsp3) is 0.357. The summed E-state index contributed by atoms with van der Waals surface area (Å²) >= 11 is 0. The number of carbonyl (C=O) groups excluding carboxylic acids is 3. The third kappa shape index (κ3) is 6.33. The molecule has 1 saturated heterocycles. The van der Waals surface area contributed by atoms with Gasteiger partial charge in [-0.2, -0.15) is 0 Å². The lowest BCUT2D eigenvalue weighted by Gasteiger charge is -2.40. The van der Waals surface area contributed by atoms with Crippen LogP contribution in [0.5, 0.6) is 28.7 Å². The zero-order chi connectivity index (χ0) is 30.7. The summed E-state index contributed by atoms with van der Waals surface area (Å²) in [6.07, 6.45) is -5.19. The largest absolute Gasteiger partial charge is 0.507 e. The first-order valence-electron chi connectivity index (χ1n) is 12.5. The van der Waals surface area contributed by atoms with Gasteiger partial charge in [-0.05, 0) is 12.1 Å². The normalized spacial score (nSPS) is 19.9. The second kappa shape index (κ2) is 12.3. The highest BCUT2D eigenvalue weighted by molar-refractivity contribution is 5.86. The van der Waals surface area contributed by atoms with Crippen molar-refractivity contribution < 1.29 is 62.2 Å². The Balaban J connectivity index is 1.74. The van der Waals surface area contributed by atoms with Crippen LogP contribution in [0, 0.1) is 0 Å². The van der Waals surface area contributed by atoms with E-state index < -0.39 is 53.7 Å². The molecule has 4 rings (SSSR count). The zero-order valence-corrected chi connectivity index (χ0v) is 23.2. The molecule has 0 spiro atoms. The van der Waals surface area contributed by atoms with Crippen molar-refractivity contribution in [3.63, 3.8) is 0 Å². The van der Waals surface area contributed by atoms with Crippen molar-refractivity contribution in [2.45, 2.75) is 45.4 Å². The molecule has 0 aliphatic carbocycles. The van der Waals surface area contributed by atoms with Crippen LogP contribution in [-0.2, 0) is 33.3 Å². The quantitative estimate of drug-likeness (QED) is 0.288. The maximum absolute atomic E-state index is 13.0. The summed E-state index contributed by atoms with van der Waals surface area (Å²) < 4.78 is 43.6. The van der Waals surface area contributed by atoms with Gasteiger partial charge in [0.2, 0.25) is 18.1 Å². The van der Waals surface area contributed by atoms with Gasteiger partial charge in [-0.25, -0.2) is 0 Å². The summed E-state index contributed by atoms with van der Waals surface area (Å²) in [5, 5.41) is 20.8. The molecule has 14 heteroatoms. The number of carbonyl (C=O) groups is 3. The summed E-state index contributed by atoms with van der Waals surface area (Å²) in [6, 6.07) is 6.42. The Hall–Kier alpha value is -4.98.